The molecule has 0 aliphatic carbocycles. The topological polar surface area (TPSA) is 61.2 Å². The van der Waals surface area contributed by atoms with Crippen LogP contribution < -0.4 is 5.56 Å². The van der Waals surface area contributed by atoms with E-state index in [0.717, 1.165) is 24.2 Å². The summed E-state index contributed by atoms with van der Waals surface area (Å²) in [5.41, 5.74) is 1.33. The van der Waals surface area contributed by atoms with E-state index < -0.39 is 5.97 Å². The van der Waals surface area contributed by atoms with Crippen LogP contribution in [0.25, 0.3) is 10.2 Å². The van der Waals surface area contributed by atoms with Crippen LogP contribution in [0.5, 0.6) is 0 Å². The first-order chi connectivity index (χ1) is 12.1. The summed E-state index contributed by atoms with van der Waals surface area (Å²) in [5, 5.41) is 1.08. The number of ether oxygens (including phenoxy) is 1. The van der Waals surface area contributed by atoms with Gasteiger partial charge in [-0.3, -0.25) is 9.36 Å². The Hall–Kier alpha value is -2.18. The molecule has 0 amide bonds. The maximum atomic E-state index is 12.7. The third-order valence-electron chi connectivity index (χ3n) is 4.41. The summed E-state index contributed by atoms with van der Waals surface area (Å²) in [6, 6.07) is 7.22. The van der Waals surface area contributed by atoms with Gasteiger partial charge in [-0.2, -0.15) is 0 Å². The van der Waals surface area contributed by atoms with Gasteiger partial charge in [-0.05, 0) is 25.0 Å². The van der Waals surface area contributed by atoms with E-state index >= 15 is 0 Å². The third kappa shape index (κ3) is 2.75. The van der Waals surface area contributed by atoms with Crippen molar-refractivity contribution in [3.05, 3.63) is 61.5 Å². The molecule has 0 saturated heterocycles. The van der Waals surface area contributed by atoms with Gasteiger partial charge in [-0.1, -0.05) is 29.8 Å². The van der Waals surface area contributed by atoms with Crippen LogP contribution in [0.4, 0.5) is 0 Å². The van der Waals surface area contributed by atoms with Gasteiger partial charge in [0.1, 0.15) is 22.1 Å². The minimum Gasteiger partial charge on any atom is -0.457 e. The molecule has 4 rings (SSSR count). The van der Waals surface area contributed by atoms with E-state index in [2.05, 4.69) is 4.98 Å². The average Bonchev–Trinajstić information content (AvgIpc) is 3.19. The van der Waals surface area contributed by atoms with Crippen LogP contribution in [0.2, 0.25) is 5.02 Å². The molecule has 0 saturated carbocycles. The van der Waals surface area contributed by atoms with Gasteiger partial charge in [0.25, 0.3) is 5.56 Å². The zero-order chi connectivity index (χ0) is 17.6. The van der Waals surface area contributed by atoms with Gasteiger partial charge in [0, 0.05) is 23.6 Å². The summed E-state index contributed by atoms with van der Waals surface area (Å²) >= 11 is 7.30. The maximum Gasteiger partial charge on any atom is 0.349 e. The number of fused-ring (bicyclic) bond motifs is 2. The quantitative estimate of drug-likeness (QED) is 0.655. The highest BCUT2D eigenvalue weighted by Crippen LogP contribution is 2.29. The molecule has 1 aliphatic heterocycles. The number of carbonyl (C=O) groups is 1. The minimum absolute atomic E-state index is 0.0589. The predicted molar refractivity (Wildman–Crippen MR) is 97.5 cm³/mol. The number of aryl methyl sites for hydroxylation is 2. The zero-order valence-corrected chi connectivity index (χ0v) is 15.1. The molecule has 2 aromatic heterocycles. The number of carbonyl (C=O) groups excluding carboxylic acids is 1. The Morgan fingerprint density at radius 2 is 2.20 bits per heavy atom. The Morgan fingerprint density at radius 1 is 1.40 bits per heavy atom. The summed E-state index contributed by atoms with van der Waals surface area (Å²) in [6.07, 6.45) is 1.74. The summed E-state index contributed by atoms with van der Waals surface area (Å²) in [6.45, 7) is 2.56. The first kappa shape index (κ1) is 16.3. The second-order valence-electron chi connectivity index (χ2n) is 5.99. The summed E-state index contributed by atoms with van der Waals surface area (Å²) in [7, 11) is 0. The number of esters is 1. The average molecular weight is 375 g/mol. The number of rotatable bonds is 3. The molecule has 1 aliphatic rings. The fourth-order valence-electron chi connectivity index (χ4n) is 3.09. The lowest BCUT2D eigenvalue weighted by Gasteiger charge is -2.05. The van der Waals surface area contributed by atoms with Crippen molar-refractivity contribution in [3.63, 3.8) is 0 Å². The Kier molecular flexibility index (Phi) is 4.09. The fraction of sp³-hybridized carbons (Fsp3) is 0.278. The molecule has 25 heavy (non-hydrogen) atoms. The van der Waals surface area contributed by atoms with Crippen molar-refractivity contribution >= 4 is 39.1 Å². The zero-order valence-electron chi connectivity index (χ0n) is 13.5. The van der Waals surface area contributed by atoms with Crippen molar-refractivity contribution in [2.45, 2.75) is 32.9 Å². The van der Waals surface area contributed by atoms with Crippen molar-refractivity contribution in [2.75, 3.05) is 0 Å². The standard InChI is InChI=1S/C18H15ClN2O3S/c1-10-14-16(20-13-7-4-8-21(13)17(14)22)25-15(10)18(23)24-9-11-5-2-3-6-12(11)19/h2-3,5-6H,4,7-9H2,1H3. The molecule has 0 bridgehead atoms. The van der Waals surface area contributed by atoms with Crippen LogP contribution in [-0.2, 0) is 24.3 Å². The van der Waals surface area contributed by atoms with E-state index in [0.29, 0.717) is 32.2 Å². The highest BCUT2D eigenvalue weighted by molar-refractivity contribution is 7.20. The van der Waals surface area contributed by atoms with E-state index in [9.17, 15) is 9.59 Å². The van der Waals surface area contributed by atoms with E-state index in [4.69, 9.17) is 16.3 Å². The summed E-state index contributed by atoms with van der Waals surface area (Å²) in [4.78, 5) is 30.8. The largest absolute Gasteiger partial charge is 0.457 e. The number of nitrogens with zero attached hydrogens (tertiary/aromatic N) is 2. The smallest absolute Gasteiger partial charge is 0.349 e. The molecule has 128 valence electrons. The van der Waals surface area contributed by atoms with E-state index in [1.165, 1.54) is 11.3 Å². The number of halogens is 1. The highest BCUT2D eigenvalue weighted by atomic mass is 35.5. The number of thiophene rings is 1. The second-order valence-corrected chi connectivity index (χ2v) is 7.40. The van der Waals surface area contributed by atoms with Crippen LogP contribution in [-0.4, -0.2) is 15.5 Å². The maximum absolute atomic E-state index is 12.7. The lowest BCUT2D eigenvalue weighted by molar-refractivity contribution is 0.0478. The molecule has 3 aromatic rings. The highest BCUT2D eigenvalue weighted by Gasteiger charge is 2.24. The van der Waals surface area contributed by atoms with Gasteiger partial charge in [0.05, 0.1) is 5.39 Å². The van der Waals surface area contributed by atoms with Crippen molar-refractivity contribution in [1.29, 1.82) is 0 Å². The number of hydrogen-bond acceptors (Lipinski definition) is 5. The van der Waals surface area contributed by atoms with E-state index in [1.807, 2.05) is 18.2 Å². The molecular weight excluding hydrogens is 360 g/mol. The molecule has 0 unspecified atom stereocenters. The molecule has 0 atom stereocenters. The first-order valence-electron chi connectivity index (χ1n) is 7.99. The van der Waals surface area contributed by atoms with Crippen molar-refractivity contribution in [2.24, 2.45) is 0 Å². The van der Waals surface area contributed by atoms with Gasteiger partial charge in [-0.25, -0.2) is 9.78 Å². The van der Waals surface area contributed by atoms with Crippen molar-refractivity contribution in [1.82, 2.24) is 9.55 Å². The van der Waals surface area contributed by atoms with Gasteiger partial charge in [0.15, 0.2) is 0 Å². The summed E-state index contributed by atoms with van der Waals surface area (Å²) < 4.78 is 7.11. The minimum atomic E-state index is -0.454. The van der Waals surface area contributed by atoms with Crippen LogP contribution in [0.3, 0.4) is 0 Å². The molecule has 0 fully saturated rings. The number of benzene rings is 1. The molecular formula is C18H15ClN2O3S. The van der Waals surface area contributed by atoms with Gasteiger partial charge in [-0.15, -0.1) is 11.3 Å². The molecule has 0 spiro atoms. The number of aromatic nitrogens is 2. The molecule has 0 radical (unpaired) electrons. The summed E-state index contributed by atoms with van der Waals surface area (Å²) in [5.74, 6) is 0.347. The van der Waals surface area contributed by atoms with Crippen LogP contribution in [0.1, 0.15) is 33.0 Å². The lowest BCUT2D eigenvalue weighted by atomic mass is 10.2. The van der Waals surface area contributed by atoms with Crippen molar-refractivity contribution in [3.8, 4) is 0 Å². The molecule has 7 heteroatoms. The molecule has 0 N–H and O–H groups in total. The van der Waals surface area contributed by atoms with Crippen LogP contribution in [0, 0.1) is 6.92 Å². The Labute approximate surface area is 152 Å². The Morgan fingerprint density at radius 3 is 3.00 bits per heavy atom. The predicted octanol–water partition coefficient (Wildman–Crippen LogP) is 3.72. The van der Waals surface area contributed by atoms with E-state index in [1.54, 1.807) is 17.6 Å². The van der Waals surface area contributed by atoms with Gasteiger partial charge >= 0.3 is 5.97 Å². The van der Waals surface area contributed by atoms with Crippen molar-refractivity contribution < 1.29 is 9.53 Å². The third-order valence-corrected chi connectivity index (χ3v) is 5.95. The second kappa shape index (κ2) is 6.28. The Balaban J connectivity index is 1.66. The van der Waals surface area contributed by atoms with Gasteiger partial charge < -0.3 is 4.74 Å². The monoisotopic (exact) mass is 374 g/mol. The molecule has 3 heterocycles. The van der Waals surface area contributed by atoms with Gasteiger partial charge in [0.2, 0.25) is 0 Å². The van der Waals surface area contributed by atoms with Crippen LogP contribution >= 0.6 is 22.9 Å². The lowest BCUT2D eigenvalue weighted by Crippen LogP contribution is -2.20. The Bertz CT molecular complexity index is 1050. The number of hydrogen-bond donors (Lipinski definition) is 0. The van der Waals surface area contributed by atoms with Crippen LogP contribution in [0.15, 0.2) is 29.1 Å². The van der Waals surface area contributed by atoms with E-state index in [-0.39, 0.29) is 12.2 Å². The SMILES string of the molecule is Cc1c(C(=O)OCc2ccccc2Cl)sc2nc3n(c(=O)c12)CCC3. The molecule has 5 nitrogen and oxygen atoms in total. The molecule has 1 aromatic carbocycles. The first-order valence-corrected chi connectivity index (χ1v) is 9.19. The normalized spacial score (nSPS) is 13.2. The fourth-order valence-corrected chi connectivity index (χ4v) is 4.37.